The number of benzene rings is 1. The van der Waals surface area contributed by atoms with Crippen molar-refractivity contribution in [2.24, 2.45) is 0 Å². The standard InChI is InChI=1S/C13H17ClN2O.ClH/c14-11-4-1-10(2-5-11)3-6-13(17)16-12-7-8-15-9-12;/h1-2,4-5,12,15H,3,6-9H2,(H,16,17);1H. The molecule has 1 aromatic rings. The van der Waals surface area contributed by atoms with Gasteiger partial charge in [0.1, 0.15) is 0 Å². The van der Waals surface area contributed by atoms with Crippen molar-refractivity contribution in [2.45, 2.75) is 25.3 Å². The highest BCUT2D eigenvalue weighted by atomic mass is 35.5. The lowest BCUT2D eigenvalue weighted by Crippen LogP contribution is -2.36. The van der Waals surface area contributed by atoms with Crippen molar-refractivity contribution in [1.82, 2.24) is 10.6 Å². The Morgan fingerprint density at radius 1 is 1.39 bits per heavy atom. The largest absolute Gasteiger partial charge is 0.352 e. The summed E-state index contributed by atoms with van der Waals surface area (Å²) in [5.41, 5.74) is 1.15. The number of halogens is 2. The summed E-state index contributed by atoms with van der Waals surface area (Å²) in [7, 11) is 0. The lowest BCUT2D eigenvalue weighted by Gasteiger charge is -2.11. The van der Waals surface area contributed by atoms with Crippen LogP contribution in [0.1, 0.15) is 18.4 Å². The third kappa shape index (κ3) is 4.84. The minimum Gasteiger partial charge on any atom is -0.352 e. The van der Waals surface area contributed by atoms with E-state index in [2.05, 4.69) is 10.6 Å². The molecule has 1 atom stereocenters. The molecular formula is C13H18Cl2N2O. The summed E-state index contributed by atoms with van der Waals surface area (Å²) in [5.74, 6) is 0.133. The van der Waals surface area contributed by atoms with E-state index >= 15 is 0 Å². The van der Waals surface area contributed by atoms with E-state index in [0.29, 0.717) is 12.5 Å². The molecule has 0 radical (unpaired) electrons. The van der Waals surface area contributed by atoms with Gasteiger partial charge in [0.2, 0.25) is 5.91 Å². The Hall–Kier alpha value is -0.770. The second-order valence-electron chi connectivity index (χ2n) is 4.38. The summed E-state index contributed by atoms with van der Waals surface area (Å²) in [6.07, 6.45) is 2.34. The quantitative estimate of drug-likeness (QED) is 0.892. The topological polar surface area (TPSA) is 41.1 Å². The number of nitrogens with one attached hydrogen (secondary N) is 2. The van der Waals surface area contributed by atoms with Gasteiger partial charge in [0, 0.05) is 24.0 Å². The lowest BCUT2D eigenvalue weighted by molar-refractivity contribution is -0.121. The Morgan fingerprint density at radius 3 is 2.72 bits per heavy atom. The van der Waals surface area contributed by atoms with Crippen LogP contribution in [0, 0.1) is 0 Å². The molecule has 100 valence electrons. The number of rotatable bonds is 4. The molecule has 1 aliphatic rings. The van der Waals surface area contributed by atoms with Crippen LogP contribution in [0.5, 0.6) is 0 Å². The molecule has 1 saturated heterocycles. The van der Waals surface area contributed by atoms with Gasteiger partial charge in [0.05, 0.1) is 0 Å². The normalized spacial score (nSPS) is 18.2. The fourth-order valence-corrected chi connectivity index (χ4v) is 2.11. The van der Waals surface area contributed by atoms with E-state index in [-0.39, 0.29) is 18.3 Å². The van der Waals surface area contributed by atoms with Crippen molar-refractivity contribution >= 4 is 29.9 Å². The molecule has 18 heavy (non-hydrogen) atoms. The average Bonchev–Trinajstić information content (AvgIpc) is 2.81. The van der Waals surface area contributed by atoms with Crippen LogP contribution in [0.25, 0.3) is 0 Å². The number of carbonyl (C=O) groups excluding carboxylic acids is 1. The zero-order valence-corrected chi connectivity index (χ0v) is 11.7. The lowest BCUT2D eigenvalue weighted by atomic mass is 10.1. The van der Waals surface area contributed by atoms with E-state index in [4.69, 9.17) is 11.6 Å². The highest BCUT2D eigenvalue weighted by Gasteiger charge is 2.16. The molecular weight excluding hydrogens is 271 g/mol. The molecule has 0 bridgehead atoms. The van der Waals surface area contributed by atoms with Gasteiger partial charge in [-0.1, -0.05) is 23.7 Å². The summed E-state index contributed by atoms with van der Waals surface area (Å²) in [5, 5.41) is 6.99. The van der Waals surface area contributed by atoms with Gasteiger partial charge < -0.3 is 10.6 Å². The number of hydrogen-bond acceptors (Lipinski definition) is 2. The number of hydrogen-bond donors (Lipinski definition) is 2. The van der Waals surface area contributed by atoms with Crippen LogP contribution < -0.4 is 10.6 Å². The van der Waals surface area contributed by atoms with Crippen LogP contribution in [0.3, 0.4) is 0 Å². The maximum atomic E-state index is 11.7. The van der Waals surface area contributed by atoms with E-state index in [9.17, 15) is 4.79 Å². The smallest absolute Gasteiger partial charge is 0.220 e. The Bertz CT molecular complexity index is 375. The summed E-state index contributed by atoms with van der Waals surface area (Å²) in [4.78, 5) is 11.7. The van der Waals surface area contributed by atoms with E-state index in [1.807, 2.05) is 24.3 Å². The van der Waals surface area contributed by atoms with Crippen LogP contribution in [0.15, 0.2) is 24.3 Å². The Balaban J connectivity index is 0.00000162. The first-order chi connectivity index (χ1) is 8.24. The predicted octanol–water partition coefficient (Wildman–Crippen LogP) is 2.17. The highest BCUT2D eigenvalue weighted by Crippen LogP contribution is 2.11. The van der Waals surface area contributed by atoms with E-state index < -0.39 is 0 Å². The van der Waals surface area contributed by atoms with Gasteiger partial charge in [-0.3, -0.25) is 4.79 Å². The first-order valence-electron chi connectivity index (χ1n) is 5.98. The van der Waals surface area contributed by atoms with Gasteiger partial charge in [-0.15, -0.1) is 12.4 Å². The van der Waals surface area contributed by atoms with Gasteiger partial charge >= 0.3 is 0 Å². The predicted molar refractivity (Wildman–Crippen MR) is 76.4 cm³/mol. The third-order valence-corrected chi connectivity index (χ3v) is 3.23. The summed E-state index contributed by atoms with van der Waals surface area (Å²) >= 11 is 5.80. The SMILES string of the molecule is Cl.O=C(CCc1ccc(Cl)cc1)NC1CCNC1. The van der Waals surface area contributed by atoms with Gasteiger partial charge in [-0.05, 0) is 37.1 Å². The first kappa shape index (κ1) is 15.3. The van der Waals surface area contributed by atoms with Crippen LogP contribution in [0.2, 0.25) is 5.02 Å². The number of aryl methyl sites for hydroxylation is 1. The molecule has 1 fully saturated rings. The number of amides is 1. The average molecular weight is 289 g/mol. The van der Waals surface area contributed by atoms with Crippen molar-refractivity contribution in [3.05, 3.63) is 34.9 Å². The second kappa shape index (κ2) is 7.62. The van der Waals surface area contributed by atoms with Gasteiger partial charge in [-0.25, -0.2) is 0 Å². The Morgan fingerprint density at radius 2 is 2.11 bits per heavy atom. The Labute approximate surface area is 119 Å². The van der Waals surface area contributed by atoms with E-state index in [1.165, 1.54) is 0 Å². The van der Waals surface area contributed by atoms with Gasteiger partial charge in [0.15, 0.2) is 0 Å². The van der Waals surface area contributed by atoms with Crippen molar-refractivity contribution in [1.29, 1.82) is 0 Å². The molecule has 0 aromatic heterocycles. The zero-order valence-electron chi connectivity index (χ0n) is 10.1. The minimum atomic E-state index is 0. The van der Waals surface area contributed by atoms with Crippen molar-refractivity contribution in [2.75, 3.05) is 13.1 Å². The maximum Gasteiger partial charge on any atom is 0.220 e. The Kier molecular flexibility index (Phi) is 6.47. The first-order valence-corrected chi connectivity index (χ1v) is 6.36. The van der Waals surface area contributed by atoms with Crippen LogP contribution >= 0.6 is 24.0 Å². The van der Waals surface area contributed by atoms with E-state index in [1.54, 1.807) is 0 Å². The van der Waals surface area contributed by atoms with Crippen molar-refractivity contribution in [3.63, 3.8) is 0 Å². The monoisotopic (exact) mass is 288 g/mol. The minimum absolute atomic E-state index is 0. The molecule has 0 saturated carbocycles. The summed E-state index contributed by atoms with van der Waals surface area (Å²) < 4.78 is 0. The molecule has 2 N–H and O–H groups in total. The van der Waals surface area contributed by atoms with Crippen molar-refractivity contribution in [3.8, 4) is 0 Å². The molecule has 2 rings (SSSR count). The molecule has 1 unspecified atom stereocenters. The summed E-state index contributed by atoms with van der Waals surface area (Å²) in [6, 6.07) is 7.96. The van der Waals surface area contributed by atoms with Crippen LogP contribution in [-0.2, 0) is 11.2 Å². The zero-order chi connectivity index (χ0) is 12.1. The third-order valence-electron chi connectivity index (χ3n) is 2.98. The highest BCUT2D eigenvalue weighted by molar-refractivity contribution is 6.30. The second-order valence-corrected chi connectivity index (χ2v) is 4.82. The molecule has 5 heteroatoms. The molecule has 0 aliphatic carbocycles. The van der Waals surface area contributed by atoms with Gasteiger partial charge in [-0.2, -0.15) is 0 Å². The molecule has 1 aliphatic heterocycles. The fraction of sp³-hybridized carbons (Fsp3) is 0.462. The molecule has 1 heterocycles. The molecule has 1 aromatic carbocycles. The van der Waals surface area contributed by atoms with Gasteiger partial charge in [0.25, 0.3) is 0 Å². The van der Waals surface area contributed by atoms with Crippen LogP contribution in [-0.4, -0.2) is 25.0 Å². The number of carbonyl (C=O) groups is 1. The summed E-state index contributed by atoms with van der Waals surface area (Å²) in [6.45, 7) is 1.90. The van der Waals surface area contributed by atoms with E-state index in [0.717, 1.165) is 36.5 Å². The fourth-order valence-electron chi connectivity index (χ4n) is 1.99. The molecule has 3 nitrogen and oxygen atoms in total. The molecule has 0 spiro atoms. The maximum absolute atomic E-state index is 11.7. The molecule has 1 amide bonds. The van der Waals surface area contributed by atoms with Crippen molar-refractivity contribution < 1.29 is 4.79 Å². The van der Waals surface area contributed by atoms with Crippen LogP contribution in [0.4, 0.5) is 0 Å².